The molecule has 268 valence electrons. The number of allylic oxidation sites excluding steroid dienone is 5. The van der Waals surface area contributed by atoms with Gasteiger partial charge in [0, 0.05) is 24.2 Å². The molecule has 10 atom stereocenters. The van der Waals surface area contributed by atoms with Crippen LogP contribution in [0.25, 0.3) is 12.2 Å². The number of nitrogens with zero attached hydrogens (tertiary/aromatic N) is 2. The van der Waals surface area contributed by atoms with Crippen LogP contribution in [0.4, 0.5) is 0 Å². The molecule has 0 radical (unpaired) electrons. The lowest BCUT2D eigenvalue weighted by molar-refractivity contribution is -0.0952. The van der Waals surface area contributed by atoms with Gasteiger partial charge in [0.25, 0.3) is 0 Å². The number of aromatic nitrogens is 1. The van der Waals surface area contributed by atoms with E-state index in [1.54, 1.807) is 0 Å². The zero-order chi connectivity index (χ0) is 36.0. The molecule has 1 aromatic heterocycles. The summed E-state index contributed by atoms with van der Waals surface area (Å²) in [5.74, 6) is 3.34. The van der Waals surface area contributed by atoms with Crippen molar-refractivity contribution in [3.05, 3.63) is 82.0 Å². The van der Waals surface area contributed by atoms with Gasteiger partial charge in [-0.05, 0) is 141 Å². The molecular weight excluding hydrogens is 617 g/mol. The number of nitrogens with one attached hydrogen (secondary N) is 2. The SMILES string of the molecule is [2H]C1C(C(C)OC2CC(C)CCC2C(C)C)=C2C=C3C=CC(=N3)C=c3ccc([nH]3)=CC3=NC(=CC1(C(C)OC1CC(C)CCC1C(C)C)N2)C=C3. The molecule has 5 heterocycles. The van der Waals surface area contributed by atoms with Crippen molar-refractivity contribution in [1.29, 1.82) is 0 Å². The molecule has 0 saturated heterocycles. The number of aliphatic imine (C=N–C) groups is 2. The predicted octanol–water partition coefficient (Wildman–Crippen LogP) is 8.10. The average molecular weight is 678 g/mol. The van der Waals surface area contributed by atoms with E-state index in [1.165, 1.54) is 25.7 Å². The fourth-order valence-corrected chi connectivity index (χ4v) is 9.22. The third kappa shape index (κ3) is 7.53. The monoisotopic (exact) mass is 677 g/mol. The van der Waals surface area contributed by atoms with Crippen molar-refractivity contribution in [2.24, 2.45) is 45.5 Å². The highest BCUT2D eigenvalue weighted by molar-refractivity contribution is 6.20. The molecule has 2 fully saturated rings. The Labute approximate surface area is 301 Å². The van der Waals surface area contributed by atoms with Gasteiger partial charge in [-0.2, -0.15) is 0 Å². The molecule has 6 heteroatoms. The van der Waals surface area contributed by atoms with Gasteiger partial charge in [0.05, 0.1) is 52.8 Å². The van der Waals surface area contributed by atoms with E-state index in [9.17, 15) is 1.37 Å². The van der Waals surface area contributed by atoms with Crippen molar-refractivity contribution >= 4 is 23.6 Å². The summed E-state index contributed by atoms with van der Waals surface area (Å²) in [7, 11) is 0. The summed E-state index contributed by atoms with van der Waals surface area (Å²) in [5, 5.41) is 5.94. The summed E-state index contributed by atoms with van der Waals surface area (Å²) in [4.78, 5) is 13.6. The zero-order valence-electron chi connectivity index (χ0n) is 32.6. The van der Waals surface area contributed by atoms with Crippen LogP contribution in [0.1, 0.15) is 102 Å². The summed E-state index contributed by atoms with van der Waals surface area (Å²) in [6.07, 6.45) is 22.7. The van der Waals surface area contributed by atoms with Crippen LogP contribution in [0.3, 0.4) is 0 Å². The van der Waals surface area contributed by atoms with Crippen LogP contribution in [0.2, 0.25) is 0 Å². The third-order valence-electron chi connectivity index (χ3n) is 12.2. The van der Waals surface area contributed by atoms with E-state index in [1.807, 2.05) is 0 Å². The van der Waals surface area contributed by atoms with Gasteiger partial charge in [-0.1, -0.05) is 54.4 Å². The number of fused-ring (bicyclic) bond motifs is 6. The summed E-state index contributed by atoms with van der Waals surface area (Å²) in [6.45, 7) is 18.4. The van der Waals surface area contributed by atoms with Gasteiger partial charge in [-0.15, -0.1) is 0 Å². The minimum atomic E-state index is -0.880. The number of hydrogen-bond acceptors (Lipinski definition) is 5. The summed E-state index contributed by atoms with van der Waals surface area (Å²) >= 11 is 0. The van der Waals surface area contributed by atoms with Gasteiger partial charge in [-0.3, -0.25) is 0 Å². The lowest BCUT2D eigenvalue weighted by Gasteiger charge is -2.43. The molecule has 0 amide bonds. The number of aromatic amines is 1. The lowest BCUT2D eigenvalue weighted by atomic mass is 9.75. The Hall–Kier alpha value is -3.22. The van der Waals surface area contributed by atoms with E-state index in [-0.39, 0.29) is 24.4 Å². The molecule has 2 aliphatic carbocycles. The molecule has 7 rings (SSSR count). The Morgan fingerprint density at radius 2 is 1.30 bits per heavy atom. The van der Waals surface area contributed by atoms with Crippen LogP contribution in [0.15, 0.2) is 81.2 Å². The molecule has 2 saturated carbocycles. The van der Waals surface area contributed by atoms with E-state index < -0.39 is 11.9 Å². The van der Waals surface area contributed by atoms with Crippen LogP contribution in [0.5, 0.6) is 0 Å². The Balaban J connectivity index is 1.34. The fourth-order valence-electron chi connectivity index (χ4n) is 9.22. The van der Waals surface area contributed by atoms with Crippen LogP contribution in [-0.4, -0.2) is 46.4 Å². The highest BCUT2D eigenvalue weighted by atomic mass is 16.5. The molecule has 50 heavy (non-hydrogen) atoms. The first kappa shape index (κ1) is 33.9. The average Bonchev–Trinajstić information content (AvgIpc) is 3.86. The van der Waals surface area contributed by atoms with Crippen molar-refractivity contribution < 1.29 is 10.8 Å². The van der Waals surface area contributed by atoms with Gasteiger partial charge < -0.3 is 19.8 Å². The van der Waals surface area contributed by atoms with Crippen LogP contribution < -0.4 is 16.0 Å². The molecular formula is C44H60N4O2. The molecule has 2 N–H and O–H groups in total. The molecule has 4 aliphatic heterocycles. The maximum atomic E-state index is 10.3. The summed E-state index contributed by atoms with van der Waals surface area (Å²) in [6, 6.07) is 4.15. The highest BCUT2D eigenvalue weighted by Crippen LogP contribution is 2.43. The first-order valence-electron chi connectivity index (χ1n) is 20.1. The van der Waals surface area contributed by atoms with E-state index in [2.05, 4.69) is 126 Å². The maximum Gasteiger partial charge on any atom is 0.0878 e. The molecule has 0 aromatic carbocycles. The quantitative estimate of drug-likeness (QED) is 0.292. The second-order valence-electron chi connectivity index (χ2n) is 16.9. The van der Waals surface area contributed by atoms with Crippen LogP contribution in [-0.2, 0) is 9.47 Å². The van der Waals surface area contributed by atoms with Crippen LogP contribution >= 0.6 is 0 Å². The Morgan fingerprint density at radius 3 is 1.90 bits per heavy atom. The normalized spacial score (nSPS) is 35.2. The Morgan fingerprint density at radius 1 is 0.740 bits per heavy atom. The second kappa shape index (κ2) is 14.4. The summed E-state index contributed by atoms with van der Waals surface area (Å²) < 4.78 is 24.7. The number of H-pyrrole nitrogens is 1. The molecule has 8 bridgehead atoms. The minimum Gasteiger partial charge on any atom is -0.373 e. The predicted molar refractivity (Wildman–Crippen MR) is 207 cm³/mol. The molecule has 10 unspecified atom stereocenters. The highest BCUT2D eigenvalue weighted by Gasteiger charge is 2.46. The van der Waals surface area contributed by atoms with Crippen LogP contribution in [0, 0.1) is 35.5 Å². The van der Waals surface area contributed by atoms with Gasteiger partial charge >= 0.3 is 0 Å². The van der Waals surface area contributed by atoms with Crippen molar-refractivity contribution in [1.82, 2.24) is 10.3 Å². The largest absolute Gasteiger partial charge is 0.373 e. The van der Waals surface area contributed by atoms with Gasteiger partial charge in [0.2, 0.25) is 0 Å². The van der Waals surface area contributed by atoms with E-state index in [0.717, 1.165) is 57.6 Å². The number of ether oxygens (including phenoxy) is 2. The van der Waals surface area contributed by atoms with E-state index >= 15 is 0 Å². The maximum absolute atomic E-state index is 10.3. The van der Waals surface area contributed by atoms with Gasteiger partial charge in [0.1, 0.15) is 0 Å². The first-order chi connectivity index (χ1) is 24.4. The van der Waals surface area contributed by atoms with E-state index in [0.29, 0.717) is 35.5 Å². The third-order valence-corrected chi connectivity index (χ3v) is 12.2. The molecule has 6 nitrogen and oxygen atoms in total. The summed E-state index contributed by atoms with van der Waals surface area (Å²) in [5.41, 5.74) is 4.46. The zero-order valence-corrected chi connectivity index (χ0v) is 31.6. The topological polar surface area (TPSA) is 71.0 Å². The van der Waals surface area contributed by atoms with Crippen molar-refractivity contribution in [3.8, 4) is 0 Å². The van der Waals surface area contributed by atoms with Crippen molar-refractivity contribution in [3.63, 3.8) is 0 Å². The van der Waals surface area contributed by atoms with Crippen molar-refractivity contribution in [2.75, 3.05) is 0 Å². The number of rotatable bonds is 8. The first-order valence-corrected chi connectivity index (χ1v) is 19.5. The Kier molecular flexibility index (Phi) is 9.78. The second-order valence-corrected chi connectivity index (χ2v) is 16.9. The molecule has 6 aliphatic rings. The minimum absolute atomic E-state index is 0.134. The lowest BCUT2D eigenvalue weighted by Crippen LogP contribution is -2.52. The Bertz CT molecular complexity index is 1820. The van der Waals surface area contributed by atoms with E-state index in [4.69, 9.17) is 19.5 Å². The standard InChI is InChI=1S/C44H60N4O2/c1-26(2)38-17-9-28(5)19-42(38)49-30(7)40-25-44(31(8)50-43-20-29(6)10-18-39(43)27(3)4)24-37-16-15-35(47-37)22-33-12-11-32(45-33)21-34-13-14-36(46-34)23-41(40)48-44/h11-16,21-24,26-31,38-39,42-43,45,48H,9-10,17-20,25H2,1-8H3/i25D. The number of hydrogen-bond donors (Lipinski definition) is 2. The van der Waals surface area contributed by atoms with Crippen molar-refractivity contribution in [2.45, 2.75) is 130 Å². The molecule has 1 aromatic rings. The fraction of sp³-hybridized carbons (Fsp3) is 0.591. The smallest absolute Gasteiger partial charge is 0.0878 e. The van der Waals surface area contributed by atoms with Gasteiger partial charge in [0.15, 0.2) is 0 Å². The molecule has 0 spiro atoms. The van der Waals surface area contributed by atoms with Gasteiger partial charge in [-0.25, -0.2) is 9.98 Å².